The molecule has 0 unspecified atom stereocenters. The van der Waals surface area contributed by atoms with Gasteiger partial charge in [0, 0.05) is 34.7 Å². The van der Waals surface area contributed by atoms with Gasteiger partial charge in [-0.2, -0.15) is 0 Å². The number of aryl methyl sites for hydroxylation is 2. The summed E-state index contributed by atoms with van der Waals surface area (Å²) >= 11 is 0. The lowest BCUT2D eigenvalue weighted by Crippen LogP contribution is -2.14. The molecule has 30 heavy (non-hydrogen) atoms. The molecule has 6 heteroatoms. The second kappa shape index (κ2) is 9.22. The third kappa shape index (κ3) is 4.84. The maximum atomic E-state index is 12.3. The summed E-state index contributed by atoms with van der Waals surface area (Å²) in [5, 5.41) is 2.71. The minimum atomic E-state index is -0.553. The predicted molar refractivity (Wildman–Crippen MR) is 115 cm³/mol. The number of ketones is 1. The topological polar surface area (TPSA) is 77.4 Å². The van der Waals surface area contributed by atoms with E-state index < -0.39 is 5.97 Å². The Morgan fingerprint density at radius 3 is 1.97 bits per heavy atom. The number of ether oxygens (including phenoxy) is 1. The van der Waals surface area contributed by atoms with Gasteiger partial charge in [-0.15, -0.1) is 0 Å². The lowest BCUT2D eigenvalue weighted by Gasteiger charge is -2.10. The number of amides is 1. The van der Waals surface area contributed by atoms with Crippen LogP contribution >= 0.6 is 0 Å². The van der Waals surface area contributed by atoms with Gasteiger partial charge in [0.1, 0.15) is 0 Å². The number of esters is 1. The van der Waals surface area contributed by atoms with Gasteiger partial charge in [-0.1, -0.05) is 6.92 Å². The zero-order valence-corrected chi connectivity index (χ0v) is 17.3. The number of hydrogen-bond donors (Lipinski definition) is 1. The van der Waals surface area contributed by atoms with Crippen molar-refractivity contribution in [2.24, 2.45) is 0 Å². The van der Waals surface area contributed by atoms with Crippen molar-refractivity contribution in [2.45, 2.75) is 27.2 Å². The van der Waals surface area contributed by atoms with Crippen molar-refractivity contribution in [2.75, 3.05) is 11.9 Å². The van der Waals surface area contributed by atoms with Gasteiger partial charge in [0.25, 0.3) is 0 Å². The molecule has 6 nitrogen and oxygen atoms in total. The fourth-order valence-electron chi connectivity index (χ4n) is 3.11. The van der Waals surface area contributed by atoms with E-state index in [-0.39, 0.29) is 18.3 Å². The number of nitrogens with one attached hydrogen (secondary N) is 1. The first-order chi connectivity index (χ1) is 14.4. The number of anilines is 1. The van der Waals surface area contributed by atoms with Crippen LogP contribution in [-0.4, -0.2) is 28.8 Å². The zero-order valence-electron chi connectivity index (χ0n) is 17.3. The molecule has 2 aromatic carbocycles. The van der Waals surface area contributed by atoms with Gasteiger partial charge in [-0.05, 0) is 74.5 Å². The van der Waals surface area contributed by atoms with Gasteiger partial charge in [-0.25, -0.2) is 4.79 Å². The number of carbonyl (C=O) groups is 3. The minimum Gasteiger partial charge on any atom is -0.454 e. The highest BCUT2D eigenvalue weighted by Crippen LogP contribution is 2.17. The molecule has 154 valence electrons. The standard InChI is InChI=1S/C24H24N2O4/c1-4-23(28)25-20-11-7-18(8-12-20)22(27)15-30-24(29)19-9-13-21(14-10-19)26-16(2)5-6-17(26)3/h5-14H,4,15H2,1-3H3,(H,25,28). The average molecular weight is 404 g/mol. The fourth-order valence-corrected chi connectivity index (χ4v) is 3.11. The predicted octanol–water partition coefficient (Wildman–Crippen LogP) is 4.48. The number of benzene rings is 2. The van der Waals surface area contributed by atoms with E-state index in [2.05, 4.69) is 9.88 Å². The van der Waals surface area contributed by atoms with Crippen molar-refractivity contribution in [3.8, 4) is 5.69 Å². The minimum absolute atomic E-state index is 0.101. The molecule has 1 N–H and O–H groups in total. The van der Waals surface area contributed by atoms with Crippen LogP contribution in [0.1, 0.15) is 45.4 Å². The van der Waals surface area contributed by atoms with Crippen LogP contribution in [0.2, 0.25) is 0 Å². The highest BCUT2D eigenvalue weighted by Gasteiger charge is 2.13. The second-order valence-corrected chi connectivity index (χ2v) is 6.98. The van der Waals surface area contributed by atoms with Gasteiger partial charge in [0.15, 0.2) is 12.4 Å². The Balaban J connectivity index is 1.58. The summed E-state index contributed by atoms with van der Waals surface area (Å²) < 4.78 is 7.26. The molecular formula is C24H24N2O4. The van der Waals surface area contributed by atoms with Crippen LogP contribution in [0.4, 0.5) is 5.69 Å². The van der Waals surface area contributed by atoms with Gasteiger partial charge in [0.05, 0.1) is 5.56 Å². The summed E-state index contributed by atoms with van der Waals surface area (Å²) in [6.07, 6.45) is 0.377. The van der Waals surface area contributed by atoms with E-state index >= 15 is 0 Å². The molecule has 0 aliphatic heterocycles. The van der Waals surface area contributed by atoms with Crippen LogP contribution < -0.4 is 5.32 Å². The van der Waals surface area contributed by atoms with Crippen molar-refractivity contribution in [3.63, 3.8) is 0 Å². The molecule has 1 amide bonds. The molecule has 0 fully saturated rings. The normalized spacial score (nSPS) is 10.5. The van der Waals surface area contributed by atoms with Crippen molar-refractivity contribution in [3.05, 3.63) is 83.2 Å². The van der Waals surface area contributed by atoms with E-state index in [0.29, 0.717) is 23.2 Å². The molecule has 0 spiro atoms. The number of aromatic nitrogens is 1. The van der Waals surface area contributed by atoms with E-state index in [1.165, 1.54) is 0 Å². The summed E-state index contributed by atoms with van der Waals surface area (Å²) in [4.78, 5) is 36.0. The average Bonchev–Trinajstić information content (AvgIpc) is 3.10. The quantitative estimate of drug-likeness (QED) is 0.465. The van der Waals surface area contributed by atoms with E-state index in [4.69, 9.17) is 4.74 Å². The summed E-state index contributed by atoms with van der Waals surface area (Å²) in [5.74, 6) is -0.967. The van der Waals surface area contributed by atoms with Crippen LogP contribution in [0.5, 0.6) is 0 Å². The monoisotopic (exact) mass is 404 g/mol. The molecule has 0 aliphatic rings. The Morgan fingerprint density at radius 1 is 0.833 bits per heavy atom. The highest BCUT2D eigenvalue weighted by molar-refractivity contribution is 6.00. The number of carbonyl (C=O) groups excluding carboxylic acids is 3. The molecule has 0 bridgehead atoms. The first kappa shape index (κ1) is 21.0. The van der Waals surface area contributed by atoms with E-state index in [1.54, 1.807) is 43.3 Å². The Bertz CT molecular complexity index is 1040. The van der Waals surface area contributed by atoms with Crippen molar-refractivity contribution in [1.82, 2.24) is 4.57 Å². The maximum absolute atomic E-state index is 12.3. The smallest absolute Gasteiger partial charge is 0.338 e. The second-order valence-electron chi connectivity index (χ2n) is 6.98. The lowest BCUT2D eigenvalue weighted by atomic mass is 10.1. The van der Waals surface area contributed by atoms with E-state index in [0.717, 1.165) is 17.1 Å². The largest absolute Gasteiger partial charge is 0.454 e. The Kier molecular flexibility index (Phi) is 6.47. The first-order valence-corrected chi connectivity index (χ1v) is 9.74. The van der Waals surface area contributed by atoms with Crippen LogP contribution in [-0.2, 0) is 9.53 Å². The molecule has 0 saturated heterocycles. The van der Waals surface area contributed by atoms with Crippen molar-refractivity contribution in [1.29, 1.82) is 0 Å². The molecular weight excluding hydrogens is 380 g/mol. The molecule has 0 radical (unpaired) electrons. The molecule has 3 rings (SSSR count). The SMILES string of the molecule is CCC(=O)Nc1ccc(C(=O)COC(=O)c2ccc(-n3c(C)ccc3C)cc2)cc1. The van der Waals surface area contributed by atoms with Crippen molar-refractivity contribution >= 4 is 23.3 Å². The molecule has 1 aromatic heterocycles. The van der Waals surface area contributed by atoms with Crippen molar-refractivity contribution < 1.29 is 19.1 Å². The molecule has 0 atom stereocenters. The Labute approximate surface area is 175 Å². The molecule has 3 aromatic rings. The van der Waals surface area contributed by atoms with Crippen LogP contribution in [0.15, 0.2) is 60.7 Å². The van der Waals surface area contributed by atoms with E-state index in [1.807, 2.05) is 38.1 Å². The Hall–Kier alpha value is -3.67. The maximum Gasteiger partial charge on any atom is 0.338 e. The lowest BCUT2D eigenvalue weighted by molar-refractivity contribution is -0.115. The van der Waals surface area contributed by atoms with Gasteiger partial charge < -0.3 is 14.6 Å². The first-order valence-electron chi connectivity index (χ1n) is 9.74. The third-order valence-electron chi connectivity index (χ3n) is 4.78. The van der Waals surface area contributed by atoms with Crippen LogP contribution in [0, 0.1) is 13.8 Å². The number of Topliss-reactive ketones (excluding diaryl/α,β-unsaturated/α-hetero) is 1. The summed E-state index contributed by atoms with van der Waals surface area (Å²) in [6.45, 7) is 5.45. The summed E-state index contributed by atoms with van der Waals surface area (Å²) in [6, 6.07) is 17.6. The summed E-state index contributed by atoms with van der Waals surface area (Å²) in [5.41, 5.74) is 4.57. The van der Waals surface area contributed by atoms with Gasteiger partial charge in [-0.3, -0.25) is 9.59 Å². The zero-order chi connectivity index (χ0) is 21.7. The van der Waals surface area contributed by atoms with E-state index in [9.17, 15) is 14.4 Å². The Morgan fingerprint density at radius 2 is 1.40 bits per heavy atom. The highest BCUT2D eigenvalue weighted by atomic mass is 16.5. The summed E-state index contributed by atoms with van der Waals surface area (Å²) in [7, 11) is 0. The molecule has 0 saturated carbocycles. The van der Waals surface area contributed by atoms with Gasteiger partial charge >= 0.3 is 5.97 Å². The van der Waals surface area contributed by atoms with Crippen LogP contribution in [0.3, 0.4) is 0 Å². The van der Waals surface area contributed by atoms with Gasteiger partial charge in [0.2, 0.25) is 5.91 Å². The number of hydrogen-bond acceptors (Lipinski definition) is 4. The number of rotatable bonds is 7. The molecule has 0 aliphatic carbocycles. The molecule has 1 heterocycles. The van der Waals surface area contributed by atoms with Crippen LogP contribution in [0.25, 0.3) is 5.69 Å². The number of nitrogens with zero attached hydrogens (tertiary/aromatic N) is 1. The third-order valence-corrected chi connectivity index (χ3v) is 4.78. The fraction of sp³-hybridized carbons (Fsp3) is 0.208.